The summed E-state index contributed by atoms with van der Waals surface area (Å²) in [4.78, 5) is 12.8. The SMILES string of the molecule is O=C(NS(=O)(=O)Cc1cccs1)C1CCn2nncc2C1. The second-order valence-corrected chi connectivity index (χ2v) is 7.70. The van der Waals surface area contributed by atoms with Crippen LogP contribution in [0, 0.1) is 5.92 Å². The molecule has 1 N–H and O–H groups in total. The van der Waals surface area contributed by atoms with E-state index in [2.05, 4.69) is 15.0 Å². The molecule has 1 atom stereocenters. The number of aromatic nitrogens is 3. The van der Waals surface area contributed by atoms with Crippen LogP contribution >= 0.6 is 11.3 Å². The molecule has 9 heteroatoms. The Hall–Kier alpha value is -1.74. The number of nitrogens with one attached hydrogen (secondary N) is 1. The number of hydrogen-bond donors (Lipinski definition) is 1. The van der Waals surface area contributed by atoms with Crippen LogP contribution in [0.15, 0.2) is 23.7 Å². The lowest BCUT2D eigenvalue weighted by molar-refractivity contribution is -0.123. The monoisotopic (exact) mass is 326 g/mol. The second kappa shape index (κ2) is 5.57. The van der Waals surface area contributed by atoms with Crippen molar-refractivity contribution >= 4 is 27.3 Å². The number of aryl methyl sites for hydroxylation is 1. The summed E-state index contributed by atoms with van der Waals surface area (Å²) in [5, 5.41) is 9.49. The summed E-state index contributed by atoms with van der Waals surface area (Å²) in [5.74, 6) is -0.962. The van der Waals surface area contributed by atoms with Crippen LogP contribution in [-0.4, -0.2) is 29.3 Å². The molecule has 2 aromatic heterocycles. The van der Waals surface area contributed by atoms with E-state index < -0.39 is 15.9 Å². The van der Waals surface area contributed by atoms with Crippen LogP contribution in [0.2, 0.25) is 0 Å². The van der Waals surface area contributed by atoms with Crippen LogP contribution in [0.5, 0.6) is 0 Å². The van der Waals surface area contributed by atoms with Crippen molar-refractivity contribution in [3.8, 4) is 0 Å². The van der Waals surface area contributed by atoms with Gasteiger partial charge in [0.25, 0.3) is 0 Å². The molecule has 0 fully saturated rings. The maximum absolute atomic E-state index is 12.1. The number of amides is 1. The highest BCUT2D eigenvalue weighted by Crippen LogP contribution is 2.19. The average Bonchev–Trinajstić information content (AvgIpc) is 3.07. The molecule has 1 aliphatic rings. The van der Waals surface area contributed by atoms with Crippen LogP contribution in [0.1, 0.15) is 17.0 Å². The lowest BCUT2D eigenvalue weighted by Gasteiger charge is -2.21. The van der Waals surface area contributed by atoms with E-state index >= 15 is 0 Å². The third-order valence-electron chi connectivity index (χ3n) is 3.38. The molecular formula is C12H14N4O3S2. The predicted octanol–water partition coefficient (Wildman–Crippen LogP) is 0.548. The van der Waals surface area contributed by atoms with Gasteiger partial charge in [0.15, 0.2) is 0 Å². The number of rotatable bonds is 4. The van der Waals surface area contributed by atoms with Crippen LogP contribution in [0.4, 0.5) is 0 Å². The number of fused-ring (bicyclic) bond motifs is 1. The minimum atomic E-state index is -3.64. The van der Waals surface area contributed by atoms with Crippen LogP contribution < -0.4 is 4.72 Å². The summed E-state index contributed by atoms with van der Waals surface area (Å²) in [6, 6.07) is 3.52. The maximum atomic E-state index is 12.1. The van der Waals surface area contributed by atoms with E-state index in [9.17, 15) is 13.2 Å². The molecule has 7 nitrogen and oxygen atoms in total. The number of thiophene rings is 1. The summed E-state index contributed by atoms with van der Waals surface area (Å²) in [5.41, 5.74) is 0.858. The summed E-state index contributed by atoms with van der Waals surface area (Å²) in [7, 11) is -3.64. The zero-order valence-electron chi connectivity index (χ0n) is 11.1. The number of carbonyl (C=O) groups excluding carboxylic acids is 1. The Labute approximate surface area is 126 Å². The van der Waals surface area contributed by atoms with E-state index in [4.69, 9.17) is 0 Å². The fraction of sp³-hybridized carbons (Fsp3) is 0.417. The minimum absolute atomic E-state index is 0.164. The lowest BCUT2D eigenvalue weighted by Crippen LogP contribution is -2.39. The van der Waals surface area contributed by atoms with Crippen molar-refractivity contribution in [1.82, 2.24) is 19.7 Å². The molecule has 0 saturated carbocycles. The van der Waals surface area contributed by atoms with E-state index in [-0.39, 0.29) is 11.7 Å². The standard InChI is InChI=1S/C12H14N4O3S2/c17-12(9-3-4-16-10(6-9)7-13-15-16)14-21(18,19)8-11-2-1-5-20-11/h1-2,5,7,9H,3-4,6,8H2,(H,14,17). The van der Waals surface area contributed by atoms with Crippen LogP contribution in [-0.2, 0) is 33.5 Å². The van der Waals surface area contributed by atoms with Crippen molar-refractivity contribution in [2.45, 2.75) is 25.1 Å². The second-order valence-electron chi connectivity index (χ2n) is 4.94. The third kappa shape index (κ3) is 3.30. The molecule has 0 radical (unpaired) electrons. The highest BCUT2D eigenvalue weighted by molar-refractivity contribution is 7.89. The summed E-state index contributed by atoms with van der Waals surface area (Å²) >= 11 is 1.35. The summed E-state index contributed by atoms with van der Waals surface area (Å²) in [6.07, 6.45) is 2.64. The van der Waals surface area contributed by atoms with Gasteiger partial charge in [-0.15, -0.1) is 16.4 Å². The number of nitrogens with zero attached hydrogens (tertiary/aromatic N) is 3. The van der Waals surface area contributed by atoms with Gasteiger partial charge >= 0.3 is 0 Å². The normalized spacial score (nSPS) is 18.2. The molecule has 0 spiro atoms. The molecule has 0 aliphatic carbocycles. The Kier molecular flexibility index (Phi) is 3.77. The molecule has 0 saturated heterocycles. The van der Waals surface area contributed by atoms with E-state index in [0.29, 0.717) is 24.3 Å². The van der Waals surface area contributed by atoms with E-state index in [1.54, 1.807) is 23.0 Å². The summed E-state index contributed by atoms with van der Waals surface area (Å²) < 4.78 is 27.9. The topological polar surface area (TPSA) is 94.0 Å². The fourth-order valence-electron chi connectivity index (χ4n) is 2.34. The van der Waals surface area contributed by atoms with E-state index in [0.717, 1.165) is 5.69 Å². The molecule has 3 heterocycles. The zero-order chi connectivity index (χ0) is 14.9. The van der Waals surface area contributed by atoms with Crippen molar-refractivity contribution in [3.05, 3.63) is 34.3 Å². The van der Waals surface area contributed by atoms with E-state index in [1.807, 2.05) is 5.38 Å². The number of hydrogen-bond acceptors (Lipinski definition) is 6. The van der Waals surface area contributed by atoms with Crippen molar-refractivity contribution in [2.75, 3.05) is 0 Å². The molecule has 21 heavy (non-hydrogen) atoms. The first-order chi connectivity index (χ1) is 10.0. The Morgan fingerprint density at radius 1 is 1.52 bits per heavy atom. The lowest BCUT2D eigenvalue weighted by atomic mass is 9.96. The smallest absolute Gasteiger partial charge is 0.239 e. The molecule has 112 valence electrons. The fourth-order valence-corrected chi connectivity index (χ4v) is 4.58. The largest absolute Gasteiger partial charge is 0.274 e. The van der Waals surface area contributed by atoms with Crippen molar-refractivity contribution in [3.63, 3.8) is 0 Å². The Balaban J connectivity index is 1.64. The van der Waals surface area contributed by atoms with Gasteiger partial charge in [-0.2, -0.15) is 0 Å². The first-order valence-corrected chi connectivity index (χ1v) is 9.01. The first kappa shape index (κ1) is 14.2. The first-order valence-electron chi connectivity index (χ1n) is 6.47. The van der Waals surface area contributed by atoms with Gasteiger partial charge in [0, 0.05) is 23.8 Å². The number of carbonyl (C=O) groups is 1. The van der Waals surface area contributed by atoms with Crippen molar-refractivity contribution in [2.24, 2.45) is 5.92 Å². The maximum Gasteiger partial charge on any atom is 0.239 e. The molecule has 1 amide bonds. The Morgan fingerprint density at radius 2 is 2.38 bits per heavy atom. The predicted molar refractivity (Wildman–Crippen MR) is 76.9 cm³/mol. The van der Waals surface area contributed by atoms with Gasteiger partial charge in [-0.05, 0) is 17.9 Å². The minimum Gasteiger partial charge on any atom is -0.274 e. The molecule has 1 aliphatic heterocycles. The van der Waals surface area contributed by atoms with E-state index in [1.165, 1.54) is 11.3 Å². The molecule has 0 aromatic carbocycles. The summed E-state index contributed by atoms with van der Waals surface area (Å²) in [6.45, 7) is 0.582. The van der Waals surface area contributed by atoms with Crippen LogP contribution in [0.3, 0.4) is 0 Å². The zero-order valence-corrected chi connectivity index (χ0v) is 12.7. The number of sulfonamides is 1. The highest BCUT2D eigenvalue weighted by atomic mass is 32.2. The molecule has 1 unspecified atom stereocenters. The van der Waals surface area contributed by atoms with Gasteiger partial charge in [-0.1, -0.05) is 11.3 Å². The van der Waals surface area contributed by atoms with Crippen molar-refractivity contribution in [1.29, 1.82) is 0 Å². The molecule has 0 bridgehead atoms. The molecule has 2 aromatic rings. The third-order valence-corrected chi connectivity index (χ3v) is 5.64. The van der Waals surface area contributed by atoms with Gasteiger partial charge in [-0.3, -0.25) is 9.52 Å². The van der Waals surface area contributed by atoms with Gasteiger partial charge < -0.3 is 0 Å². The Bertz CT molecular complexity index is 736. The van der Waals surface area contributed by atoms with Gasteiger partial charge in [0.2, 0.25) is 15.9 Å². The Morgan fingerprint density at radius 3 is 3.14 bits per heavy atom. The molecular weight excluding hydrogens is 312 g/mol. The van der Waals surface area contributed by atoms with Crippen molar-refractivity contribution < 1.29 is 13.2 Å². The van der Waals surface area contributed by atoms with Gasteiger partial charge in [0.1, 0.15) is 5.75 Å². The molecule has 3 rings (SSSR count). The highest BCUT2D eigenvalue weighted by Gasteiger charge is 2.28. The van der Waals surface area contributed by atoms with Gasteiger partial charge in [0.05, 0.1) is 11.9 Å². The van der Waals surface area contributed by atoms with Gasteiger partial charge in [-0.25, -0.2) is 13.1 Å². The van der Waals surface area contributed by atoms with Crippen LogP contribution in [0.25, 0.3) is 0 Å². The average molecular weight is 326 g/mol. The quantitative estimate of drug-likeness (QED) is 0.885.